The van der Waals surface area contributed by atoms with Gasteiger partial charge in [-0.2, -0.15) is 0 Å². The van der Waals surface area contributed by atoms with Crippen molar-refractivity contribution in [2.75, 3.05) is 18.1 Å². The van der Waals surface area contributed by atoms with Gasteiger partial charge in [0.05, 0.1) is 11.5 Å². The summed E-state index contributed by atoms with van der Waals surface area (Å²) in [5, 5.41) is 0. The van der Waals surface area contributed by atoms with E-state index in [1.54, 1.807) is 0 Å². The zero-order chi connectivity index (χ0) is 10.8. The summed E-state index contributed by atoms with van der Waals surface area (Å²) >= 11 is 0. The second-order valence-electron chi connectivity index (χ2n) is 3.85. The molecule has 1 aliphatic heterocycles. The molecule has 0 aliphatic carbocycles. The molecule has 0 bridgehead atoms. The lowest BCUT2D eigenvalue weighted by Crippen LogP contribution is -2.40. The molecule has 0 radical (unpaired) electrons. The molecule has 0 unspecified atom stereocenters. The number of alkyl halides is 2. The minimum atomic E-state index is -3.08. The van der Waals surface area contributed by atoms with Crippen molar-refractivity contribution in [3.63, 3.8) is 0 Å². The standard InChI is InChI=1S/C8H15F2NO2S/c9-7(10)8(1-4-11)2-5-14(12,13)6-3-8/h7H,1-6,11H2. The number of sulfone groups is 1. The van der Waals surface area contributed by atoms with E-state index in [0.29, 0.717) is 0 Å². The summed E-state index contributed by atoms with van der Waals surface area (Å²) < 4.78 is 47.7. The first-order valence-electron chi connectivity index (χ1n) is 4.60. The molecule has 0 aromatic rings. The van der Waals surface area contributed by atoms with Crippen molar-refractivity contribution in [3.8, 4) is 0 Å². The minimum Gasteiger partial charge on any atom is -0.330 e. The summed E-state index contributed by atoms with van der Waals surface area (Å²) in [6, 6.07) is 0. The van der Waals surface area contributed by atoms with Gasteiger partial charge in [0.2, 0.25) is 6.43 Å². The lowest BCUT2D eigenvalue weighted by atomic mass is 9.79. The van der Waals surface area contributed by atoms with Crippen LogP contribution in [0.3, 0.4) is 0 Å². The molecule has 1 fully saturated rings. The first kappa shape index (κ1) is 11.8. The van der Waals surface area contributed by atoms with Crippen molar-refractivity contribution in [1.82, 2.24) is 0 Å². The van der Waals surface area contributed by atoms with E-state index in [1.807, 2.05) is 0 Å². The van der Waals surface area contributed by atoms with E-state index in [1.165, 1.54) is 0 Å². The van der Waals surface area contributed by atoms with Crippen LogP contribution in [0.2, 0.25) is 0 Å². The van der Waals surface area contributed by atoms with Crippen LogP contribution in [0, 0.1) is 5.41 Å². The van der Waals surface area contributed by atoms with Crippen LogP contribution in [0.15, 0.2) is 0 Å². The van der Waals surface area contributed by atoms with E-state index in [2.05, 4.69) is 0 Å². The van der Waals surface area contributed by atoms with Crippen LogP contribution < -0.4 is 5.73 Å². The quantitative estimate of drug-likeness (QED) is 0.775. The van der Waals surface area contributed by atoms with E-state index in [9.17, 15) is 17.2 Å². The Balaban J connectivity index is 2.74. The van der Waals surface area contributed by atoms with E-state index in [-0.39, 0.29) is 37.3 Å². The van der Waals surface area contributed by atoms with Crippen molar-refractivity contribution >= 4 is 9.84 Å². The van der Waals surface area contributed by atoms with Crippen molar-refractivity contribution in [2.24, 2.45) is 11.1 Å². The Labute approximate surface area is 82.6 Å². The number of rotatable bonds is 3. The topological polar surface area (TPSA) is 60.2 Å². The number of halogens is 2. The van der Waals surface area contributed by atoms with Gasteiger partial charge >= 0.3 is 0 Å². The summed E-state index contributed by atoms with van der Waals surface area (Å²) in [6.45, 7) is 0.185. The van der Waals surface area contributed by atoms with Gasteiger partial charge in [0.25, 0.3) is 0 Å². The van der Waals surface area contributed by atoms with E-state index >= 15 is 0 Å². The lowest BCUT2D eigenvalue weighted by Gasteiger charge is -2.35. The summed E-state index contributed by atoms with van der Waals surface area (Å²) in [6.07, 6.45) is -2.17. The SMILES string of the molecule is NCCC1(C(F)F)CCS(=O)(=O)CC1. The number of hydrogen-bond donors (Lipinski definition) is 1. The molecule has 1 aliphatic rings. The molecule has 14 heavy (non-hydrogen) atoms. The highest BCUT2D eigenvalue weighted by molar-refractivity contribution is 7.91. The van der Waals surface area contributed by atoms with Crippen molar-refractivity contribution in [3.05, 3.63) is 0 Å². The molecule has 0 amide bonds. The van der Waals surface area contributed by atoms with Gasteiger partial charge in [-0.05, 0) is 25.8 Å². The third-order valence-corrected chi connectivity index (χ3v) is 4.58. The Hall–Kier alpha value is -0.230. The molecule has 1 saturated heterocycles. The van der Waals surface area contributed by atoms with Crippen LogP contribution in [0.4, 0.5) is 8.78 Å². The fourth-order valence-corrected chi connectivity index (χ4v) is 3.45. The molecule has 1 heterocycles. The van der Waals surface area contributed by atoms with Gasteiger partial charge in [-0.1, -0.05) is 0 Å². The second kappa shape index (κ2) is 4.10. The van der Waals surface area contributed by atoms with Gasteiger partial charge in [0, 0.05) is 5.41 Å². The third kappa shape index (κ3) is 2.42. The summed E-state index contributed by atoms with van der Waals surface area (Å²) in [4.78, 5) is 0. The molecule has 0 atom stereocenters. The zero-order valence-electron chi connectivity index (χ0n) is 7.88. The average molecular weight is 227 g/mol. The predicted octanol–water partition coefficient (Wildman–Crippen LogP) is 0.795. The third-order valence-electron chi connectivity index (χ3n) is 2.93. The van der Waals surface area contributed by atoms with Crippen LogP contribution in [0.5, 0.6) is 0 Å². The number of hydrogen-bond acceptors (Lipinski definition) is 3. The molecule has 0 spiro atoms. The molecule has 6 heteroatoms. The predicted molar refractivity (Wildman–Crippen MR) is 50.0 cm³/mol. The van der Waals surface area contributed by atoms with E-state index in [0.717, 1.165) is 0 Å². The van der Waals surface area contributed by atoms with Gasteiger partial charge in [0.1, 0.15) is 9.84 Å². The highest BCUT2D eigenvalue weighted by Crippen LogP contribution is 2.41. The molecular weight excluding hydrogens is 212 g/mol. The van der Waals surface area contributed by atoms with Crippen molar-refractivity contribution in [1.29, 1.82) is 0 Å². The highest BCUT2D eigenvalue weighted by Gasteiger charge is 2.43. The molecule has 0 aromatic carbocycles. The Bertz CT molecular complexity index is 276. The first-order valence-corrected chi connectivity index (χ1v) is 6.43. The highest BCUT2D eigenvalue weighted by atomic mass is 32.2. The molecule has 1 rings (SSSR count). The van der Waals surface area contributed by atoms with E-state index in [4.69, 9.17) is 5.73 Å². The van der Waals surface area contributed by atoms with Crippen LogP contribution >= 0.6 is 0 Å². The van der Waals surface area contributed by atoms with E-state index < -0.39 is 21.7 Å². The molecule has 0 aromatic heterocycles. The Morgan fingerprint density at radius 2 is 1.79 bits per heavy atom. The Morgan fingerprint density at radius 1 is 1.29 bits per heavy atom. The Morgan fingerprint density at radius 3 is 2.14 bits per heavy atom. The van der Waals surface area contributed by atoms with Gasteiger partial charge in [0.15, 0.2) is 0 Å². The molecule has 2 N–H and O–H groups in total. The van der Waals surface area contributed by atoms with Gasteiger partial charge < -0.3 is 5.73 Å². The summed E-state index contributed by atoms with van der Waals surface area (Å²) in [7, 11) is -3.08. The maximum absolute atomic E-state index is 12.8. The normalized spacial score (nSPS) is 25.1. The van der Waals surface area contributed by atoms with Crippen LogP contribution in [0.25, 0.3) is 0 Å². The fraction of sp³-hybridized carbons (Fsp3) is 1.00. The monoisotopic (exact) mass is 227 g/mol. The second-order valence-corrected chi connectivity index (χ2v) is 6.16. The fourth-order valence-electron chi connectivity index (χ4n) is 1.81. The van der Waals surface area contributed by atoms with Gasteiger partial charge in [-0.3, -0.25) is 0 Å². The largest absolute Gasteiger partial charge is 0.330 e. The average Bonchev–Trinajstić information content (AvgIpc) is 2.09. The van der Waals surface area contributed by atoms with Gasteiger partial charge in [-0.25, -0.2) is 17.2 Å². The van der Waals surface area contributed by atoms with Crippen molar-refractivity contribution in [2.45, 2.75) is 25.7 Å². The summed E-state index contributed by atoms with van der Waals surface area (Å²) in [5.74, 6) is -0.255. The minimum absolute atomic E-state index is 0.0458. The number of nitrogens with two attached hydrogens (primary N) is 1. The maximum Gasteiger partial charge on any atom is 0.244 e. The van der Waals surface area contributed by atoms with Crippen LogP contribution in [-0.4, -0.2) is 32.9 Å². The zero-order valence-corrected chi connectivity index (χ0v) is 8.69. The van der Waals surface area contributed by atoms with Gasteiger partial charge in [-0.15, -0.1) is 0 Å². The molecule has 0 saturated carbocycles. The Kier molecular flexibility index (Phi) is 3.47. The van der Waals surface area contributed by atoms with Crippen molar-refractivity contribution < 1.29 is 17.2 Å². The van der Waals surface area contributed by atoms with Crippen LogP contribution in [-0.2, 0) is 9.84 Å². The summed E-state index contributed by atoms with van der Waals surface area (Å²) in [5.41, 5.74) is 4.11. The van der Waals surface area contributed by atoms with Crippen LogP contribution in [0.1, 0.15) is 19.3 Å². The molecule has 3 nitrogen and oxygen atoms in total. The maximum atomic E-state index is 12.8. The molecule has 84 valence electrons. The lowest BCUT2D eigenvalue weighted by molar-refractivity contribution is -0.0172. The molecular formula is C8H15F2NO2S. The smallest absolute Gasteiger partial charge is 0.244 e. The first-order chi connectivity index (χ1) is 6.42.